The molecule has 0 heterocycles. The Kier molecular flexibility index (Phi) is 3.48. The van der Waals surface area contributed by atoms with Crippen LogP contribution in [-0.4, -0.2) is 35.6 Å². The number of aliphatic hydroxyl groups is 1. The van der Waals surface area contributed by atoms with Gasteiger partial charge in [0.15, 0.2) is 0 Å². The first-order valence-electron chi connectivity index (χ1n) is 4.69. The Labute approximate surface area is 79.0 Å². The van der Waals surface area contributed by atoms with Gasteiger partial charge in [-0.2, -0.15) is 0 Å². The number of hydrogen-bond acceptors (Lipinski definition) is 2. The van der Waals surface area contributed by atoms with Crippen LogP contribution in [0, 0.1) is 5.92 Å². The molecule has 0 spiro atoms. The number of amides is 1. The fraction of sp³-hybridized carbons (Fsp3) is 0.700. The molecule has 0 saturated heterocycles. The number of hydrogen-bond donors (Lipinski definition) is 1. The van der Waals surface area contributed by atoms with Crippen molar-refractivity contribution in [2.45, 2.75) is 25.9 Å². The lowest BCUT2D eigenvalue weighted by molar-refractivity contribution is -0.126. The summed E-state index contributed by atoms with van der Waals surface area (Å²) in [5, 5.41) is 9.06. The normalized spacial score (nSPS) is 27.3. The molecule has 0 aromatic rings. The van der Waals surface area contributed by atoms with Crippen LogP contribution in [0.4, 0.5) is 0 Å². The first-order valence-corrected chi connectivity index (χ1v) is 4.69. The number of allylic oxidation sites excluding steroid dienone is 1. The molecule has 0 aliphatic heterocycles. The Balaban J connectivity index is 2.25. The zero-order valence-corrected chi connectivity index (χ0v) is 8.23. The molecule has 0 atom stereocenters. The van der Waals surface area contributed by atoms with Gasteiger partial charge in [-0.25, -0.2) is 0 Å². The van der Waals surface area contributed by atoms with Gasteiger partial charge in [-0.15, -0.1) is 0 Å². The average molecular weight is 183 g/mol. The van der Waals surface area contributed by atoms with Crippen molar-refractivity contribution in [3.63, 3.8) is 0 Å². The highest BCUT2D eigenvalue weighted by Gasteiger charge is 2.28. The Hall–Kier alpha value is -0.830. The lowest BCUT2D eigenvalue weighted by Gasteiger charge is -2.34. The smallest absolute Gasteiger partial charge is 0.245 e. The molecular formula is C10H17NO2. The molecule has 3 heteroatoms. The SMILES string of the molecule is CC=CC(=O)N(C)CC1CC(O)C1. The summed E-state index contributed by atoms with van der Waals surface area (Å²) in [4.78, 5) is 13.0. The topological polar surface area (TPSA) is 40.5 Å². The van der Waals surface area contributed by atoms with E-state index in [2.05, 4.69) is 0 Å². The van der Waals surface area contributed by atoms with Crippen molar-refractivity contribution in [2.24, 2.45) is 5.92 Å². The second-order valence-electron chi connectivity index (χ2n) is 3.71. The van der Waals surface area contributed by atoms with Crippen molar-refractivity contribution < 1.29 is 9.90 Å². The minimum Gasteiger partial charge on any atom is -0.393 e. The Morgan fingerprint density at radius 1 is 1.62 bits per heavy atom. The van der Waals surface area contributed by atoms with Gasteiger partial charge in [-0.05, 0) is 31.8 Å². The lowest BCUT2D eigenvalue weighted by Crippen LogP contribution is -2.38. The van der Waals surface area contributed by atoms with Crippen LogP contribution in [0.5, 0.6) is 0 Å². The predicted octanol–water partition coefficient (Wildman–Crippen LogP) is 0.792. The second-order valence-corrected chi connectivity index (χ2v) is 3.71. The summed E-state index contributed by atoms with van der Waals surface area (Å²) in [6.07, 6.45) is 4.86. The number of carbonyl (C=O) groups excluding carboxylic acids is 1. The zero-order chi connectivity index (χ0) is 9.84. The fourth-order valence-electron chi connectivity index (χ4n) is 1.60. The van der Waals surface area contributed by atoms with Crippen LogP contribution in [0.25, 0.3) is 0 Å². The van der Waals surface area contributed by atoms with Crippen molar-refractivity contribution in [2.75, 3.05) is 13.6 Å². The van der Waals surface area contributed by atoms with E-state index in [1.165, 1.54) is 0 Å². The first-order chi connectivity index (χ1) is 6.13. The fourth-order valence-corrected chi connectivity index (χ4v) is 1.60. The maximum absolute atomic E-state index is 11.3. The minimum atomic E-state index is -0.129. The van der Waals surface area contributed by atoms with Gasteiger partial charge in [0.1, 0.15) is 0 Å². The van der Waals surface area contributed by atoms with Gasteiger partial charge < -0.3 is 10.0 Å². The van der Waals surface area contributed by atoms with E-state index in [-0.39, 0.29) is 12.0 Å². The van der Waals surface area contributed by atoms with Crippen LogP contribution < -0.4 is 0 Å². The molecule has 1 N–H and O–H groups in total. The third-order valence-electron chi connectivity index (χ3n) is 2.43. The predicted molar refractivity (Wildman–Crippen MR) is 51.2 cm³/mol. The zero-order valence-electron chi connectivity index (χ0n) is 8.23. The molecule has 1 amide bonds. The van der Waals surface area contributed by atoms with Gasteiger partial charge in [0.2, 0.25) is 5.91 Å². The number of carbonyl (C=O) groups is 1. The third kappa shape index (κ3) is 2.84. The summed E-state index contributed by atoms with van der Waals surface area (Å²) in [5.74, 6) is 0.540. The first kappa shape index (κ1) is 10.3. The Bertz CT molecular complexity index is 207. The van der Waals surface area contributed by atoms with Gasteiger partial charge in [-0.1, -0.05) is 6.08 Å². The minimum absolute atomic E-state index is 0.0453. The van der Waals surface area contributed by atoms with Crippen molar-refractivity contribution in [1.82, 2.24) is 4.90 Å². The average Bonchev–Trinajstić information content (AvgIpc) is 2.02. The molecule has 1 aliphatic carbocycles. The van der Waals surface area contributed by atoms with E-state index in [0.717, 1.165) is 19.4 Å². The van der Waals surface area contributed by atoms with Crippen molar-refractivity contribution in [1.29, 1.82) is 0 Å². The van der Waals surface area contributed by atoms with Crippen molar-refractivity contribution >= 4 is 5.91 Å². The lowest BCUT2D eigenvalue weighted by atomic mass is 9.82. The van der Waals surface area contributed by atoms with Crippen LogP contribution >= 0.6 is 0 Å². The monoisotopic (exact) mass is 183 g/mol. The van der Waals surface area contributed by atoms with E-state index in [9.17, 15) is 4.79 Å². The van der Waals surface area contributed by atoms with E-state index >= 15 is 0 Å². The van der Waals surface area contributed by atoms with E-state index in [4.69, 9.17) is 5.11 Å². The highest BCUT2D eigenvalue weighted by Crippen LogP contribution is 2.27. The van der Waals surface area contributed by atoms with E-state index < -0.39 is 0 Å². The maximum Gasteiger partial charge on any atom is 0.245 e. The molecule has 1 fully saturated rings. The molecule has 0 aromatic carbocycles. The summed E-state index contributed by atoms with van der Waals surface area (Å²) < 4.78 is 0. The van der Waals surface area contributed by atoms with E-state index in [1.54, 1.807) is 24.1 Å². The largest absolute Gasteiger partial charge is 0.393 e. The van der Waals surface area contributed by atoms with Crippen LogP contribution in [0.15, 0.2) is 12.2 Å². The second kappa shape index (κ2) is 4.42. The molecule has 0 bridgehead atoms. The summed E-state index contributed by atoms with van der Waals surface area (Å²) in [7, 11) is 1.80. The van der Waals surface area contributed by atoms with Crippen molar-refractivity contribution in [3.05, 3.63) is 12.2 Å². The highest BCUT2D eigenvalue weighted by molar-refractivity contribution is 5.87. The summed E-state index contributed by atoms with van der Waals surface area (Å²) in [6, 6.07) is 0. The van der Waals surface area contributed by atoms with E-state index in [0.29, 0.717) is 5.92 Å². The molecule has 1 rings (SSSR count). The summed E-state index contributed by atoms with van der Waals surface area (Å²) >= 11 is 0. The van der Waals surface area contributed by atoms with Gasteiger partial charge in [-0.3, -0.25) is 4.79 Å². The van der Waals surface area contributed by atoms with Gasteiger partial charge in [0.25, 0.3) is 0 Å². The Morgan fingerprint density at radius 2 is 2.23 bits per heavy atom. The molecular weight excluding hydrogens is 166 g/mol. The molecule has 0 unspecified atom stereocenters. The summed E-state index contributed by atoms with van der Waals surface area (Å²) in [5.41, 5.74) is 0. The van der Waals surface area contributed by atoms with E-state index in [1.807, 2.05) is 6.92 Å². The maximum atomic E-state index is 11.3. The molecule has 3 nitrogen and oxygen atoms in total. The van der Waals surface area contributed by atoms with Crippen LogP contribution in [-0.2, 0) is 4.79 Å². The summed E-state index contributed by atoms with van der Waals surface area (Å²) in [6.45, 7) is 2.60. The Morgan fingerprint density at radius 3 is 2.69 bits per heavy atom. The van der Waals surface area contributed by atoms with Crippen LogP contribution in [0.2, 0.25) is 0 Å². The third-order valence-corrected chi connectivity index (χ3v) is 2.43. The van der Waals surface area contributed by atoms with Crippen molar-refractivity contribution in [3.8, 4) is 0 Å². The van der Waals surface area contributed by atoms with Gasteiger partial charge in [0, 0.05) is 13.6 Å². The molecule has 1 saturated carbocycles. The highest BCUT2D eigenvalue weighted by atomic mass is 16.3. The number of nitrogens with zero attached hydrogens (tertiary/aromatic N) is 1. The number of aliphatic hydroxyl groups excluding tert-OH is 1. The van der Waals surface area contributed by atoms with Gasteiger partial charge >= 0.3 is 0 Å². The standard InChI is InChI=1S/C10H17NO2/c1-3-4-10(13)11(2)7-8-5-9(12)6-8/h3-4,8-9,12H,5-7H2,1-2H3. The molecule has 13 heavy (non-hydrogen) atoms. The van der Waals surface area contributed by atoms with Gasteiger partial charge in [0.05, 0.1) is 6.10 Å². The van der Waals surface area contributed by atoms with Crippen LogP contribution in [0.3, 0.4) is 0 Å². The quantitative estimate of drug-likeness (QED) is 0.657. The molecule has 0 aromatic heterocycles. The number of rotatable bonds is 3. The molecule has 1 aliphatic rings. The number of likely N-dealkylation sites (N-methyl/N-ethyl adjacent to an activating group) is 1. The van der Waals surface area contributed by atoms with Crippen LogP contribution in [0.1, 0.15) is 19.8 Å². The molecule has 74 valence electrons. The molecule has 0 radical (unpaired) electrons.